The van der Waals surface area contributed by atoms with Gasteiger partial charge in [0.15, 0.2) is 0 Å². The molecule has 1 unspecified atom stereocenters. The van der Waals surface area contributed by atoms with Crippen molar-refractivity contribution in [3.8, 4) is 5.75 Å². The fourth-order valence-corrected chi connectivity index (χ4v) is 5.27. The van der Waals surface area contributed by atoms with Gasteiger partial charge in [-0.1, -0.05) is 64.6 Å². The summed E-state index contributed by atoms with van der Waals surface area (Å²) in [4.78, 5) is 2.13. The Labute approximate surface area is 165 Å². The van der Waals surface area contributed by atoms with E-state index in [1.54, 1.807) is 0 Å². The Hall–Kier alpha value is -0.0188. The number of aromatic hydroxyl groups is 1. The topological polar surface area (TPSA) is 23.5 Å². The monoisotopic (exact) mass is 435 g/mol. The number of halogens is 2. The number of nitrogens with zero attached hydrogens (tertiary/aromatic N) is 1. The standard InChI is InChI=1S/C17H24NOPSi.2ClH.Ti/c1-18(2)13-9-6-7-10-14(13)20-15-11-8-12-16(17(15)19)21(3,4)5;;;/h6-12,19-20H,1-5H3;2*1H;/q;;;+2/p-2. The van der Waals surface area contributed by atoms with Gasteiger partial charge in [0, 0.05) is 30.4 Å². The Morgan fingerprint density at radius 3 is 2.04 bits per heavy atom. The second kappa shape index (κ2) is 10.2. The van der Waals surface area contributed by atoms with Gasteiger partial charge in [-0.3, -0.25) is 0 Å². The second-order valence-corrected chi connectivity index (χ2v) is 15.5. The average molecular weight is 436 g/mol. The van der Waals surface area contributed by atoms with Crippen LogP contribution in [0, 0.1) is 0 Å². The summed E-state index contributed by atoms with van der Waals surface area (Å²) in [5.74, 6) is 0.503. The number of phenolic OH excluding ortho intramolecular Hbond substituents is 1. The van der Waals surface area contributed by atoms with E-state index in [0.29, 0.717) is 14.3 Å². The molecule has 0 spiro atoms. The summed E-state index contributed by atoms with van der Waals surface area (Å²) in [7, 11) is 12.8. The molecular weight excluding hydrogens is 412 g/mol. The normalized spacial score (nSPS) is 11.1. The molecule has 2 nitrogen and oxygen atoms in total. The summed E-state index contributed by atoms with van der Waals surface area (Å²) in [6, 6.07) is 14.6. The average Bonchev–Trinajstić information content (AvgIpc) is 2.49. The fraction of sp³-hybridized carbons (Fsp3) is 0.294. The van der Waals surface area contributed by atoms with Gasteiger partial charge in [-0.15, -0.1) is 0 Å². The third kappa shape index (κ3) is 6.37. The van der Waals surface area contributed by atoms with Gasteiger partial charge in [-0.2, -0.15) is 0 Å². The Bertz CT molecular complexity index is 665. The quantitative estimate of drug-likeness (QED) is 0.579. The van der Waals surface area contributed by atoms with E-state index in [2.05, 4.69) is 75.0 Å². The molecule has 0 bridgehead atoms. The molecule has 0 saturated carbocycles. The molecule has 24 heavy (non-hydrogen) atoms. The third-order valence-electron chi connectivity index (χ3n) is 3.50. The number of hydrogen-bond donors (Lipinski definition) is 1. The first-order valence-electron chi connectivity index (χ1n) is 7.54. The first kappa shape index (κ1) is 22.0. The molecule has 0 amide bonds. The van der Waals surface area contributed by atoms with E-state index in [-0.39, 0.29) is 0 Å². The van der Waals surface area contributed by atoms with Crippen molar-refractivity contribution in [1.82, 2.24) is 0 Å². The number of para-hydroxylation sites is 2. The number of hydrogen-bond acceptors (Lipinski definition) is 2. The van der Waals surface area contributed by atoms with Crippen LogP contribution in [0.15, 0.2) is 42.5 Å². The summed E-state index contributed by atoms with van der Waals surface area (Å²) in [6.45, 7) is 6.80. The SMILES string of the molecule is CN(C)c1ccccc1Pc1cccc([Si](C)(C)C)c1O.[Cl][Ti][Cl]. The van der Waals surface area contributed by atoms with Crippen molar-refractivity contribution in [3.05, 3.63) is 42.5 Å². The minimum atomic E-state index is -1.52. The number of benzene rings is 2. The molecule has 1 atom stereocenters. The van der Waals surface area contributed by atoms with E-state index in [0.717, 1.165) is 10.5 Å². The van der Waals surface area contributed by atoms with Crippen molar-refractivity contribution in [2.45, 2.75) is 19.6 Å². The van der Waals surface area contributed by atoms with Gasteiger partial charge in [0.1, 0.15) is 5.75 Å². The predicted molar refractivity (Wildman–Crippen MR) is 111 cm³/mol. The predicted octanol–water partition coefficient (Wildman–Crippen LogP) is 4.01. The van der Waals surface area contributed by atoms with Gasteiger partial charge in [0.05, 0.1) is 8.07 Å². The minimum absolute atomic E-state index is 0.473. The van der Waals surface area contributed by atoms with Crippen LogP contribution in [0.4, 0.5) is 5.69 Å². The molecule has 0 radical (unpaired) electrons. The van der Waals surface area contributed by atoms with Crippen LogP contribution < -0.4 is 20.7 Å². The van der Waals surface area contributed by atoms with E-state index < -0.39 is 25.1 Å². The van der Waals surface area contributed by atoms with Gasteiger partial charge in [0.25, 0.3) is 0 Å². The maximum absolute atomic E-state index is 10.6. The zero-order valence-electron chi connectivity index (χ0n) is 14.7. The van der Waals surface area contributed by atoms with Crippen LogP contribution in [-0.4, -0.2) is 27.3 Å². The first-order valence-corrected chi connectivity index (χ1v) is 16.3. The van der Waals surface area contributed by atoms with E-state index in [1.807, 2.05) is 6.07 Å². The molecule has 0 aliphatic heterocycles. The van der Waals surface area contributed by atoms with Gasteiger partial charge >= 0.3 is 35.6 Å². The van der Waals surface area contributed by atoms with Crippen molar-refractivity contribution in [1.29, 1.82) is 0 Å². The molecule has 130 valence electrons. The molecule has 0 saturated heterocycles. The fourth-order valence-electron chi connectivity index (χ4n) is 2.36. The second-order valence-electron chi connectivity index (χ2n) is 6.56. The van der Waals surface area contributed by atoms with Crippen molar-refractivity contribution >= 4 is 56.7 Å². The summed E-state index contributed by atoms with van der Waals surface area (Å²) in [5, 5.41) is 14.1. The molecule has 2 rings (SSSR count). The van der Waals surface area contributed by atoms with Crippen LogP contribution in [-0.2, 0) is 17.0 Å². The Kier molecular flexibility index (Phi) is 9.37. The maximum atomic E-state index is 10.6. The van der Waals surface area contributed by atoms with Crippen LogP contribution in [0.3, 0.4) is 0 Å². The van der Waals surface area contributed by atoms with E-state index >= 15 is 0 Å². The zero-order valence-corrected chi connectivity index (χ0v) is 19.8. The molecule has 0 fully saturated rings. The van der Waals surface area contributed by atoms with Crippen LogP contribution >= 0.6 is 27.2 Å². The number of phenols is 1. The first-order chi connectivity index (χ1) is 11.2. The van der Waals surface area contributed by atoms with Crippen molar-refractivity contribution in [3.63, 3.8) is 0 Å². The molecule has 0 aliphatic rings. The Morgan fingerprint density at radius 2 is 1.50 bits per heavy atom. The van der Waals surface area contributed by atoms with E-state index in [1.165, 1.54) is 11.0 Å². The number of anilines is 1. The van der Waals surface area contributed by atoms with Crippen molar-refractivity contribution in [2.75, 3.05) is 19.0 Å². The summed E-state index contributed by atoms with van der Waals surface area (Å²) < 4.78 is 0. The molecule has 0 heterocycles. The van der Waals surface area contributed by atoms with Gasteiger partial charge < -0.3 is 10.0 Å². The molecule has 7 heteroatoms. The molecular formula is C17H24Cl2NOPSiTi. The molecule has 2 aromatic carbocycles. The van der Waals surface area contributed by atoms with Crippen molar-refractivity contribution in [2.24, 2.45) is 0 Å². The van der Waals surface area contributed by atoms with E-state index in [4.69, 9.17) is 18.6 Å². The molecule has 1 N–H and O–H groups in total. The van der Waals surface area contributed by atoms with Crippen LogP contribution in [0.5, 0.6) is 5.75 Å². The Balaban J connectivity index is 0.000000891. The van der Waals surface area contributed by atoms with Crippen LogP contribution in [0.1, 0.15) is 0 Å². The van der Waals surface area contributed by atoms with Crippen molar-refractivity contribution < 1.29 is 22.1 Å². The van der Waals surface area contributed by atoms with E-state index in [9.17, 15) is 5.11 Å². The van der Waals surface area contributed by atoms with Gasteiger partial charge in [-0.05, 0) is 11.3 Å². The van der Waals surface area contributed by atoms with Gasteiger partial charge in [0.2, 0.25) is 0 Å². The molecule has 0 aromatic heterocycles. The summed E-state index contributed by atoms with van der Waals surface area (Å²) in [6.07, 6.45) is 0. The Morgan fingerprint density at radius 1 is 0.958 bits per heavy atom. The van der Waals surface area contributed by atoms with Gasteiger partial charge in [-0.25, -0.2) is 0 Å². The third-order valence-corrected chi connectivity index (χ3v) is 6.88. The molecule has 2 aromatic rings. The van der Waals surface area contributed by atoms with Crippen LogP contribution in [0.2, 0.25) is 19.6 Å². The van der Waals surface area contributed by atoms with Crippen LogP contribution in [0.25, 0.3) is 0 Å². The molecule has 0 aliphatic carbocycles. The summed E-state index contributed by atoms with van der Waals surface area (Å²) >= 11 is -0.556. The number of rotatable bonds is 4. The zero-order chi connectivity index (χ0) is 18.3. The summed E-state index contributed by atoms with van der Waals surface area (Å²) in [5.41, 5.74) is 1.22.